The van der Waals surface area contributed by atoms with E-state index in [1.807, 2.05) is 0 Å². The molecule has 5 heteroatoms. The average Bonchev–Trinajstić information content (AvgIpc) is 2.38. The molecule has 0 aliphatic heterocycles. The third-order valence-electron chi connectivity index (χ3n) is 3.96. The molecule has 112 valence electrons. The molecule has 1 fully saturated rings. The van der Waals surface area contributed by atoms with Gasteiger partial charge in [0.05, 0.1) is 11.7 Å². The smallest absolute Gasteiger partial charge is 0.388 e. The highest BCUT2D eigenvalue weighted by molar-refractivity contribution is 5.27. The fourth-order valence-electron chi connectivity index (χ4n) is 2.84. The summed E-state index contributed by atoms with van der Waals surface area (Å²) in [6.45, 7) is 0. The first-order chi connectivity index (χ1) is 9.38. The van der Waals surface area contributed by atoms with Crippen LogP contribution in [0.5, 0.6) is 0 Å². The number of aliphatic hydroxyl groups is 1. The van der Waals surface area contributed by atoms with E-state index >= 15 is 0 Å². The second kappa shape index (κ2) is 6.12. The lowest BCUT2D eigenvalue weighted by Gasteiger charge is -2.24. The van der Waals surface area contributed by atoms with Crippen LogP contribution in [0.15, 0.2) is 18.2 Å². The van der Waals surface area contributed by atoms with Crippen molar-refractivity contribution in [2.75, 3.05) is 0 Å². The van der Waals surface area contributed by atoms with E-state index in [1.165, 1.54) is 12.5 Å². The minimum absolute atomic E-state index is 0.223. The molecule has 0 heterocycles. The number of hydrogen-bond donors (Lipinski definition) is 1. The van der Waals surface area contributed by atoms with E-state index < -0.39 is 23.7 Å². The Morgan fingerprint density at radius 3 is 2.35 bits per heavy atom. The lowest BCUT2D eigenvalue weighted by Crippen LogP contribution is -2.12. The van der Waals surface area contributed by atoms with Crippen LogP contribution in [-0.2, 0) is 6.18 Å². The van der Waals surface area contributed by atoms with Crippen molar-refractivity contribution in [3.63, 3.8) is 0 Å². The van der Waals surface area contributed by atoms with E-state index in [-0.39, 0.29) is 5.56 Å². The van der Waals surface area contributed by atoms with Crippen molar-refractivity contribution in [1.29, 1.82) is 0 Å². The topological polar surface area (TPSA) is 20.2 Å². The highest BCUT2D eigenvalue weighted by atomic mass is 19.4. The van der Waals surface area contributed by atoms with Crippen molar-refractivity contribution in [1.82, 2.24) is 0 Å². The molecule has 0 radical (unpaired) electrons. The van der Waals surface area contributed by atoms with Crippen molar-refractivity contribution in [3.8, 4) is 0 Å². The van der Waals surface area contributed by atoms with E-state index in [2.05, 4.69) is 0 Å². The van der Waals surface area contributed by atoms with Gasteiger partial charge in [-0.1, -0.05) is 38.2 Å². The van der Waals surface area contributed by atoms with E-state index in [4.69, 9.17) is 0 Å². The molecule has 1 aromatic rings. The molecule has 1 atom stereocenters. The van der Waals surface area contributed by atoms with Crippen LogP contribution in [0.3, 0.4) is 0 Å². The molecule has 1 N–H and O–H groups in total. The van der Waals surface area contributed by atoms with E-state index in [1.54, 1.807) is 0 Å². The Morgan fingerprint density at radius 1 is 1.15 bits per heavy atom. The summed E-state index contributed by atoms with van der Waals surface area (Å²) in [6.07, 6.45) is 0.399. The Morgan fingerprint density at radius 2 is 1.80 bits per heavy atom. The van der Waals surface area contributed by atoms with Gasteiger partial charge in [0.1, 0.15) is 5.82 Å². The Kier molecular flexibility index (Phi) is 4.68. The summed E-state index contributed by atoms with van der Waals surface area (Å²) in [5.74, 6) is -0.943. The maximum atomic E-state index is 13.5. The summed E-state index contributed by atoms with van der Waals surface area (Å²) < 4.78 is 50.8. The molecular weight excluding hydrogens is 272 g/mol. The van der Waals surface area contributed by atoms with Crippen molar-refractivity contribution < 1.29 is 22.7 Å². The predicted molar refractivity (Wildman–Crippen MR) is 67.6 cm³/mol. The summed E-state index contributed by atoms with van der Waals surface area (Å²) in [5, 5.41) is 10.0. The highest BCUT2D eigenvalue weighted by Crippen LogP contribution is 2.35. The Hall–Kier alpha value is -1.10. The molecule has 20 heavy (non-hydrogen) atoms. The fourth-order valence-corrected chi connectivity index (χ4v) is 2.84. The van der Waals surface area contributed by atoms with Crippen LogP contribution in [0.1, 0.15) is 55.8 Å². The Balaban J connectivity index is 2.06. The normalized spacial score (nSPS) is 19.1. The predicted octanol–water partition coefficient (Wildman–Crippen LogP) is 4.85. The van der Waals surface area contributed by atoms with Crippen molar-refractivity contribution in [3.05, 3.63) is 35.1 Å². The Bertz CT molecular complexity index is 450. The number of rotatable bonds is 3. The molecule has 0 bridgehead atoms. The van der Waals surface area contributed by atoms with Gasteiger partial charge in [0.2, 0.25) is 0 Å². The molecule has 0 amide bonds. The third-order valence-corrected chi connectivity index (χ3v) is 3.96. The average molecular weight is 290 g/mol. The molecule has 1 saturated carbocycles. The zero-order chi connectivity index (χ0) is 14.8. The van der Waals surface area contributed by atoms with Crippen LogP contribution in [0.2, 0.25) is 0 Å². The zero-order valence-corrected chi connectivity index (χ0v) is 11.1. The summed E-state index contributed by atoms with van der Waals surface area (Å²) in [6, 6.07) is 2.67. The van der Waals surface area contributed by atoms with Gasteiger partial charge in [0, 0.05) is 0 Å². The van der Waals surface area contributed by atoms with Crippen LogP contribution in [0.25, 0.3) is 0 Å². The summed E-state index contributed by atoms with van der Waals surface area (Å²) in [5.41, 5.74) is -1.06. The molecule has 1 aromatic carbocycles. The maximum Gasteiger partial charge on any atom is 0.419 e. The first-order valence-electron chi connectivity index (χ1n) is 6.92. The first-order valence-corrected chi connectivity index (χ1v) is 6.92. The lowest BCUT2D eigenvalue weighted by atomic mass is 9.84. The van der Waals surface area contributed by atoms with Gasteiger partial charge in [-0.3, -0.25) is 0 Å². The molecule has 0 aromatic heterocycles. The van der Waals surface area contributed by atoms with E-state index in [0.717, 1.165) is 31.7 Å². The van der Waals surface area contributed by atoms with E-state index in [0.29, 0.717) is 18.4 Å². The lowest BCUT2D eigenvalue weighted by molar-refractivity contribution is -0.140. The molecule has 0 saturated heterocycles. The van der Waals surface area contributed by atoms with Crippen LogP contribution in [-0.4, -0.2) is 5.11 Å². The van der Waals surface area contributed by atoms with Crippen LogP contribution >= 0.6 is 0 Å². The molecule has 1 aliphatic carbocycles. The van der Waals surface area contributed by atoms with Gasteiger partial charge < -0.3 is 5.11 Å². The molecule has 1 aliphatic rings. The second-order valence-electron chi connectivity index (χ2n) is 5.49. The van der Waals surface area contributed by atoms with Crippen LogP contribution in [0, 0.1) is 11.7 Å². The number of hydrogen-bond acceptors (Lipinski definition) is 1. The molecule has 0 spiro atoms. The minimum Gasteiger partial charge on any atom is -0.388 e. The summed E-state index contributed by atoms with van der Waals surface area (Å²) in [7, 11) is 0. The largest absolute Gasteiger partial charge is 0.419 e. The van der Waals surface area contributed by atoms with Crippen molar-refractivity contribution >= 4 is 0 Å². The van der Waals surface area contributed by atoms with Crippen LogP contribution in [0.4, 0.5) is 17.6 Å². The zero-order valence-electron chi connectivity index (χ0n) is 11.1. The molecule has 1 unspecified atom stereocenters. The quantitative estimate of drug-likeness (QED) is 0.789. The molecule has 2 rings (SSSR count). The minimum atomic E-state index is -4.70. The van der Waals surface area contributed by atoms with Gasteiger partial charge in [-0.05, 0) is 30.0 Å². The number of aliphatic hydroxyl groups excluding tert-OH is 1. The van der Waals surface area contributed by atoms with Gasteiger partial charge in [-0.2, -0.15) is 13.2 Å². The van der Waals surface area contributed by atoms with Gasteiger partial charge in [-0.25, -0.2) is 4.39 Å². The standard InChI is InChI=1S/C15H18F4O/c16-13-9-11(6-7-12(13)15(17,18)19)14(20)8-10-4-2-1-3-5-10/h6-7,9-10,14,20H,1-5,8H2. The SMILES string of the molecule is OC(CC1CCCCC1)c1ccc(C(F)(F)F)c(F)c1. The van der Waals surface area contributed by atoms with Crippen molar-refractivity contribution in [2.24, 2.45) is 5.92 Å². The molecular formula is C15H18F4O. The van der Waals surface area contributed by atoms with E-state index in [9.17, 15) is 22.7 Å². The van der Waals surface area contributed by atoms with Gasteiger partial charge in [0.25, 0.3) is 0 Å². The number of halogens is 4. The number of alkyl halides is 3. The van der Waals surface area contributed by atoms with Gasteiger partial charge in [0.15, 0.2) is 0 Å². The third kappa shape index (κ3) is 3.72. The van der Waals surface area contributed by atoms with Crippen LogP contribution < -0.4 is 0 Å². The summed E-state index contributed by atoms with van der Waals surface area (Å²) in [4.78, 5) is 0. The maximum absolute atomic E-state index is 13.5. The summed E-state index contributed by atoms with van der Waals surface area (Å²) >= 11 is 0. The second-order valence-corrected chi connectivity index (χ2v) is 5.49. The monoisotopic (exact) mass is 290 g/mol. The van der Waals surface area contributed by atoms with Gasteiger partial charge in [-0.15, -0.1) is 0 Å². The van der Waals surface area contributed by atoms with Gasteiger partial charge >= 0.3 is 6.18 Å². The van der Waals surface area contributed by atoms with Crippen molar-refractivity contribution in [2.45, 2.75) is 50.8 Å². The molecule has 1 nitrogen and oxygen atoms in total. The highest BCUT2D eigenvalue weighted by Gasteiger charge is 2.34. The number of benzene rings is 1. The fraction of sp³-hybridized carbons (Fsp3) is 0.600. The Labute approximate surface area is 115 Å². The first kappa shape index (κ1) is 15.3.